The molecule has 1 heterocycles. The van der Waals surface area contributed by atoms with Gasteiger partial charge < -0.3 is 4.74 Å². The van der Waals surface area contributed by atoms with Crippen LogP contribution in [-0.4, -0.2) is 31.4 Å². The Hall–Kier alpha value is -2.77. The van der Waals surface area contributed by atoms with Crippen LogP contribution in [-0.2, 0) is 10.0 Å². The van der Waals surface area contributed by atoms with Crippen LogP contribution >= 0.6 is 11.8 Å². The summed E-state index contributed by atoms with van der Waals surface area (Å²) in [6.45, 7) is 6.17. The van der Waals surface area contributed by atoms with Crippen molar-refractivity contribution in [3.05, 3.63) is 88.5 Å². The highest BCUT2D eigenvalue weighted by Crippen LogP contribution is 2.40. The highest BCUT2D eigenvalue weighted by Gasteiger charge is 2.36. The topological polar surface area (TPSA) is 70.5 Å². The van der Waals surface area contributed by atoms with Gasteiger partial charge in [0.25, 0.3) is 10.0 Å². The molecule has 0 bridgehead atoms. The number of ether oxygens (including phenoxy) is 1. The Morgan fingerprint density at radius 1 is 1.16 bits per heavy atom. The zero-order valence-corrected chi connectivity index (χ0v) is 19.7. The van der Waals surface area contributed by atoms with E-state index in [4.69, 9.17) is 10.1 Å². The molecule has 0 unspecified atom stereocenters. The van der Waals surface area contributed by atoms with Gasteiger partial charge in [0.1, 0.15) is 11.6 Å². The number of thioether (sulfide) groups is 1. The molecular weight excluding hydrogens is 428 g/mol. The van der Waals surface area contributed by atoms with Gasteiger partial charge >= 0.3 is 0 Å². The van der Waals surface area contributed by atoms with Crippen LogP contribution in [0.4, 0.5) is 0 Å². The molecule has 0 radical (unpaired) electrons. The Morgan fingerprint density at radius 2 is 1.84 bits per heavy atom. The van der Waals surface area contributed by atoms with Crippen LogP contribution in [0, 0.1) is 12.3 Å². The Morgan fingerprint density at radius 3 is 2.48 bits per heavy atom. The zero-order chi connectivity index (χ0) is 22.6. The average molecular weight is 455 g/mol. The largest absolute Gasteiger partial charge is 0.493 e. The lowest BCUT2D eigenvalue weighted by Gasteiger charge is -2.17. The number of aryl methyl sites for hydroxylation is 1. The third-order valence-electron chi connectivity index (χ3n) is 4.88. The van der Waals surface area contributed by atoms with E-state index < -0.39 is 10.0 Å². The highest BCUT2D eigenvalue weighted by atomic mass is 32.2. The predicted molar refractivity (Wildman–Crippen MR) is 129 cm³/mol. The quantitative estimate of drug-likeness (QED) is 0.590. The number of sulfonamides is 1. The molecule has 162 valence electrons. The molecule has 1 N–H and O–H groups in total. The normalized spacial score (nSPS) is 16.1. The summed E-state index contributed by atoms with van der Waals surface area (Å²) in [5.74, 6) is 0.572. The molecule has 1 aliphatic heterocycles. The van der Waals surface area contributed by atoms with Crippen LogP contribution in [0.1, 0.15) is 25.0 Å². The molecule has 2 aromatic carbocycles. The standard InChI is InChI=1S/C24H26N2O3S2/c1-5-29-22-9-7-6-8-20(22)21-16-26(24(25)23(21)18(3)14-15-30-4)31(27,28)19-12-10-17(2)11-13-19/h6-16,25H,5H2,1-4H3/b15-14+,23-18+,25-24?. The maximum absolute atomic E-state index is 13.4. The van der Waals surface area contributed by atoms with E-state index in [0.717, 1.165) is 21.0 Å². The first kappa shape index (κ1) is 22.9. The molecule has 0 saturated carbocycles. The Kier molecular flexibility index (Phi) is 7.08. The van der Waals surface area contributed by atoms with Crippen molar-refractivity contribution in [2.24, 2.45) is 0 Å². The highest BCUT2D eigenvalue weighted by molar-refractivity contribution is 8.01. The monoisotopic (exact) mass is 454 g/mol. The third kappa shape index (κ3) is 4.62. The van der Waals surface area contributed by atoms with Gasteiger partial charge in [0.05, 0.1) is 11.5 Å². The van der Waals surface area contributed by atoms with Crippen LogP contribution in [0.5, 0.6) is 5.75 Å². The van der Waals surface area contributed by atoms with E-state index in [1.807, 2.05) is 62.8 Å². The van der Waals surface area contributed by atoms with Crippen molar-refractivity contribution in [3.63, 3.8) is 0 Å². The summed E-state index contributed by atoms with van der Waals surface area (Å²) >= 11 is 1.54. The second-order valence-electron chi connectivity index (χ2n) is 7.03. The van der Waals surface area contributed by atoms with Gasteiger partial charge in [-0.15, -0.1) is 11.8 Å². The number of nitrogens with zero attached hydrogens (tertiary/aromatic N) is 1. The number of hydrogen-bond acceptors (Lipinski definition) is 5. The molecule has 1 aliphatic rings. The molecule has 5 nitrogen and oxygen atoms in total. The van der Waals surface area contributed by atoms with Crippen molar-refractivity contribution in [1.29, 1.82) is 5.41 Å². The number of rotatable bonds is 7. The Bertz CT molecular complexity index is 1180. The van der Waals surface area contributed by atoms with E-state index in [1.54, 1.807) is 36.0 Å². The van der Waals surface area contributed by atoms with Gasteiger partial charge in [0, 0.05) is 22.9 Å². The Labute approximate surface area is 188 Å². The summed E-state index contributed by atoms with van der Waals surface area (Å²) in [5, 5.41) is 10.7. The molecule has 31 heavy (non-hydrogen) atoms. The van der Waals surface area contributed by atoms with Crippen LogP contribution in [0.25, 0.3) is 5.57 Å². The smallest absolute Gasteiger partial charge is 0.269 e. The number of allylic oxidation sites excluding steroid dienone is 2. The maximum atomic E-state index is 13.4. The lowest BCUT2D eigenvalue weighted by Crippen LogP contribution is -2.29. The van der Waals surface area contributed by atoms with Gasteiger partial charge in [0.15, 0.2) is 0 Å². The molecule has 0 amide bonds. The van der Waals surface area contributed by atoms with Crippen LogP contribution in [0.15, 0.2) is 82.3 Å². The lowest BCUT2D eigenvalue weighted by molar-refractivity contribution is 0.339. The fourth-order valence-corrected chi connectivity index (χ4v) is 4.95. The van der Waals surface area contributed by atoms with Gasteiger partial charge in [-0.3, -0.25) is 5.41 Å². The minimum atomic E-state index is -3.93. The first-order valence-electron chi connectivity index (χ1n) is 9.86. The molecule has 0 fully saturated rings. The summed E-state index contributed by atoms with van der Waals surface area (Å²) < 4.78 is 33.6. The summed E-state index contributed by atoms with van der Waals surface area (Å²) in [6.07, 6.45) is 5.37. The molecule has 2 aromatic rings. The van der Waals surface area contributed by atoms with E-state index in [9.17, 15) is 8.42 Å². The molecule has 7 heteroatoms. The minimum Gasteiger partial charge on any atom is -0.493 e. The van der Waals surface area contributed by atoms with Crippen molar-refractivity contribution >= 4 is 33.2 Å². The van der Waals surface area contributed by atoms with Gasteiger partial charge in [-0.1, -0.05) is 42.0 Å². The summed E-state index contributed by atoms with van der Waals surface area (Å²) in [7, 11) is -3.93. The second kappa shape index (κ2) is 9.58. The van der Waals surface area contributed by atoms with Crippen LogP contribution < -0.4 is 4.74 Å². The summed E-state index contributed by atoms with van der Waals surface area (Å²) in [6, 6.07) is 14.1. The molecule has 0 aromatic heterocycles. The van der Waals surface area contributed by atoms with Gasteiger partial charge in [0.2, 0.25) is 0 Å². The van der Waals surface area contributed by atoms with Crippen molar-refractivity contribution in [3.8, 4) is 5.75 Å². The number of benzene rings is 2. The molecular formula is C24H26N2O3S2. The zero-order valence-electron chi connectivity index (χ0n) is 18.0. The third-order valence-corrected chi connectivity index (χ3v) is 6.96. The molecule has 0 aliphatic carbocycles. The van der Waals surface area contributed by atoms with E-state index in [0.29, 0.717) is 23.5 Å². The SMILES string of the molecule is CCOc1ccccc1C1=CN(S(=O)(=O)c2ccc(C)cc2)C(=N)/C1=C(C)/C=C/SC. The van der Waals surface area contributed by atoms with Crippen molar-refractivity contribution in [2.45, 2.75) is 25.7 Å². The van der Waals surface area contributed by atoms with E-state index in [2.05, 4.69) is 0 Å². The van der Waals surface area contributed by atoms with Gasteiger partial charge in [-0.05, 0) is 56.2 Å². The number of para-hydroxylation sites is 1. The van der Waals surface area contributed by atoms with Crippen molar-refractivity contribution in [2.75, 3.05) is 12.9 Å². The summed E-state index contributed by atoms with van der Waals surface area (Å²) in [4.78, 5) is 0.148. The number of hydrogen-bond donors (Lipinski definition) is 1. The molecule has 0 atom stereocenters. The van der Waals surface area contributed by atoms with Crippen molar-refractivity contribution in [1.82, 2.24) is 4.31 Å². The fraction of sp³-hybridized carbons (Fsp3) is 0.208. The Balaban J connectivity index is 2.21. The first-order valence-corrected chi connectivity index (χ1v) is 12.6. The van der Waals surface area contributed by atoms with Crippen LogP contribution in [0.3, 0.4) is 0 Å². The maximum Gasteiger partial charge on any atom is 0.269 e. The minimum absolute atomic E-state index is 0.0786. The predicted octanol–water partition coefficient (Wildman–Crippen LogP) is 5.61. The van der Waals surface area contributed by atoms with Gasteiger partial charge in [-0.25, -0.2) is 12.7 Å². The van der Waals surface area contributed by atoms with Crippen LogP contribution in [0.2, 0.25) is 0 Å². The van der Waals surface area contributed by atoms with E-state index in [1.165, 1.54) is 6.20 Å². The average Bonchev–Trinajstić information content (AvgIpc) is 3.11. The number of amidine groups is 1. The van der Waals surface area contributed by atoms with Crippen molar-refractivity contribution < 1.29 is 13.2 Å². The molecule has 3 rings (SSSR count). The van der Waals surface area contributed by atoms with Gasteiger partial charge in [-0.2, -0.15) is 0 Å². The molecule has 0 saturated heterocycles. The van der Waals surface area contributed by atoms with E-state index >= 15 is 0 Å². The fourth-order valence-electron chi connectivity index (χ4n) is 3.32. The molecule has 0 spiro atoms. The second-order valence-corrected chi connectivity index (χ2v) is 9.59. The number of nitrogens with one attached hydrogen (secondary N) is 1. The lowest BCUT2D eigenvalue weighted by atomic mass is 9.95. The summed E-state index contributed by atoms with van der Waals surface area (Å²) in [5.41, 5.74) is 3.73. The first-order chi connectivity index (χ1) is 14.8. The van der Waals surface area contributed by atoms with E-state index in [-0.39, 0.29) is 10.7 Å².